The van der Waals surface area contributed by atoms with Crippen LogP contribution in [0.1, 0.15) is 11.9 Å². The summed E-state index contributed by atoms with van der Waals surface area (Å²) in [6, 6.07) is 5.85. The number of hydrogen-bond acceptors (Lipinski definition) is 4. The van der Waals surface area contributed by atoms with E-state index in [4.69, 9.17) is 19.7 Å². The molecule has 2 rings (SSSR count). The van der Waals surface area contributed by atoms with Crippen LogP contribution in [0.3, 0.4) is 0 Å². The van der Waals surface area contributed by atoms with Crippen molar-refractivity contribution in [2.75, 3.05) is 26.4 Å². The Bertz CT molecular complexity index is 351. The maximum Gasteiger partial charge on any atom is 0.183 e. The van der Waals surface area contributed by atoms with E-state index in [1.807, 2.05) is 0 Å². The molecule has 0 atom stereocenters. The summed E-state index contributed by atoms with van der Waals surface area (Å²) in [6.45, 7) is 0.0311. The molecule has 4 nitrogen and oxygen atoms in total. The van der Waals surface area contributed by atoms with Gasteiger partial charge in [0.05, 0.1) is 31.8 Å². The van der Waals surface area contributed by atoms with Gasteiger partial charge in [0.2, 0.25) is 0 Å². The third kappa shape index (κ3) is 2.63. The zero-order valence-corrected chi connectivity index (χ0v) is 9.30. The highest BCUT2D eigenvalue weighted by Gasteiger charge is 2.36. The van der Waals surface area contributed by atoms with Crippen molar-refractivity contribution < 1.29 is 24.1 Å². The van der Waals surface area contributed by atoms with Gasteiger partial charge >= 0.3 is 0 Å². The lowest BCUT2D eigenvalue weighted by molar-refractivity contribution is -0.248. The van der Waals surface area contributed by atoms with Gasteiger partial charge in [-0.05, 0) is 12.1 Å². The van der Waals surface area contributed by atoms with Gasteiger partial charge in [-0.1, -0.05) is 12.1 Å². The fourth-order valence-electron chi connectivity index (χ4n) is 1.64. The molecule has 0 bridgehead atoms. The first-order valence-corrected chi connectivity index (χ1v) is 5.39. The van der Waals surface area contributed by atoms with E-state index in [0.29, 0.717) is 0 Å². The number of hydrogen-bond donors (Lipinski definition) is 2. The molecule has 0 amide bonds. The van der Waals surface area contributed by atoms with Crippen LogP contribution in [0.2, 0.25) is 0 Å². The van der Waals surface area contributed by atoms with Crippen molar-refractivity contribution in [1.29, 1.82) is 0 Å². The number of aliphatic hydroxyl groups excluding tert-OH is 2. The molecule has 5 heteroatoms. The largest absolute Gasteiger partial charge is 0.396 e. The van der Waals surface area contributed by atoms with Crippen molar-refractivity contribution in [3.8, 4) is 0 Å². The maximum absolute atomic E-state index is 12.7. The van der Waals surface area contributed by atoms with Gasteiger partial charge in [-0.3, -0.25) is 0 Å². The Morgan fingerprint density at radius 2 is 1.65 bits per heavy atom. The summed E-state index contributed by atoms with van der Waals surface area (Å²) in [4.78, 5) is 0. The summed E-state index contributed by atoms with van der Waals surface area (Å²) < 4.78 is 23.6. The Morgan fingerprint density at radius 1 is 1.12 bits per heavy atom. The minimum absolute atomic E-state index is 0.195. The van der Waals surface area contributed by atoms with Gasteiger partial charge in [0.1, 0.15) is 5.82 Å². The zero-order valence-electron chi connectivity index (χ0n) is 9.30. The first-order chi connectivity index (χ1) is 8.19. The summed E-state index contributed by atoms with van der Waals surface area (Å²) in [7, 11) is 0. The van der Waals surface area contributed by atoms with Crippen LogP contribution in [-0.2, 0) is 9.47 Å². The van der Waals surface area contributed by atoms with Gasteiger partial charge < -0.3 is 19.7 Å². The Morgan fingerprint density at radius 3 is 2.12 bits per heavy atom. The molecule has 94 valence electrons. The third-order valence-corrected chi connectivity index (χ3v) is 2.89. The molecule has 0 saturated carbocycles. The van der Waals surface area contributed by atoms with Crippen LogP contribution in [-0.4, -0.2) is 36.6 Å². The van der Waals surface area contributed by atoms with Gasteiger partial charge in [-0.15, -0.1) is 0 Å². The number of ether oxygens (including phenoxy) is 2. The number of benzene rings is 1. The van der Waals surface area contributed by atoms with Crippen LogP contribution < -0.4 is 0 Å². The fourth-order valence-corrected chi connectivity index (χ4v) is 1.64. The van der Waals surface area contributed by atoms with Crippen LogP contribution in [0.15, 0.2) is 24.3 Å². The fraction of sp³-hybridized carbons (Fsp3) is 0.500. The second-order valence-electron chi connectivity index (χ2n) is 4.32. The highest BCUT2D eigenvalue weighted by molar-refractivity contribution is 5.17. The molecular formula is C12H15FO4. The molecule has 1 heterocycles. The van der Waals surface area contributed by atoms with E-state index in [0.717, 1.165) is 5.56 Å². The Kier molecular flexibility index (Phi) is 3.73. The first kappa shape index (κ1) is 12.4. The summed E-state index contributed by atoms with van der Waals surface area (Å²) in [5.74, 6) is -0.315. The number of rotatable bonds is 3. The first-order valence-electron chi connectivity index (χ1n) is 5.39. The van der Waals surface area contributed by atoms with Gasteiger partial charge in [0, 0.05) is 5.56 Å². The van der Waals surface area contributed by atoms with Gasteiger partial charge in [0.15, 0.2) is 6.29 Å². The normalized spacial score (nSPS) is 20.4. The van der Waals surface area contributed by atoms with E-state index in [9.17, 15) is 4.39 Å². The average Bonchev–Trinajstić information content (AvgIpc) is 2.40. The molecule has 0 spiro atoms. The third-order valence-electron chi connectivity index (χ3n) is 2.89. The Hall–Kier alpha value is -1.01. The lowest BCUT2D eigenvalue weighted by atomic mass is 9.91. The summed E-state index contributed by atoms with van der Waals surface area (Å²) in [5.41, 5.74) is -0.0211. The lowest BCUT2D eigenvalue weighted by Crippen LogP contribution is -2.44. The highest BCUT2D eigenvalue weighted by atomic mass is 19.1. The molecule has 0 aliphatic carbocycles. The van der Waals surface area contributed by atoms with Crippen LogP contribution in [0.5, 0.6) is 0 Å². The summed E-state index contributed by atoms with van der Waals surface area (Å²) in [6.07, 6.45) is -0.568. The second-order valence-corrected chi connectivity index (χ2v) is 4.32. The van der Waals surface area contributed by atoms with Gasteiger partial charge in [0.25, 0.3) is 0 Å². The van der Waals surface area contributed by atoms with Crippen molar-refractivity contribution >= 4 is 0 Å². The van der Waals surface area contributed by atoms with E-state index < -0.39 is 11.7 Å². The molecule has 0 unspecified atom stereocenters. The molecular weight excluding hydrogens is 227 g/mol. The van der Waals surface area contributed by atoms with E-state index in [-0.39, 0.29) is 32.2 Å². The van der Waals surface area contributed by atoms with Crippen LogP contribution in [0, 0.1) is 11.2 Å². The molecule has 1 aromatic carbocycles. The molecule has 1 aromatic rings. The Labute approximate surface area is 98.6 Å². The number of aliphatic hydroxyl groups is 2. The molecule has 2 N–H and O–H groups in total. The van der Waals surface area contributed by atoms with Crippen molar-refractivity contribution in [2.24, 2.45) is 5.41 Å². The molecule has 1 saturated heterocycles. The van der Waals surface area contributed by atoms with Crippen LogP contribution in [0.25, 0.3) is 0 Å². The van der Waals surface area contributed by atoms with E-state index in [2.05, 4.69) is 0 Å². The monoisotopic (exact) mass is 242 g/mol. The van der Waals surface area contributed by atoms with Crippen LogP contribution in [0.4, 0.5) is 4.39 Å². The minimum atomic E-state index is -0.740. The quantitative estimate of drug-likeness (QED) is 0.824. The summed E-state index contributed by atoms with van der Waals surface area (Å²) in [5, 5.41) is 18.3. The molecule has 1 aliphatic heterocycles. The average molecular weight is 242 g/mol. The molecule has 1 aliphatic rings. The molecule has 0 aromatic heterocycles. The van der Waals surface area contributed by atoms with Crippen LogP contribution >= 0.6 is 0 Å². The maximum atomic E-state index is 12.7. The standard InChI is InChI=1S/C12H15FO4/c13-10-3-1-9(2-4-10)11-16-7-12(5-14,6-15)8-17-11/h1-4,11,14-15H,5-8H2. The van der Waals surface area contributed by atoms with E-state index in [1.165, 1.54) is 12.1 Å². The van der Waals surface area contributed by atoms with Crippen molar-refractivity contribution in [1.82, 2.24) is 0 Å². The van der Waals surface area contributed by atoms with Crippen molar-refractivity contribution in [2.45, 2.75) is 6.29 Å². The predicted molar refractivity (Wildman–Crippen MR) is 57.6 cm³/mol. The predicted octanol–water partition coefficient (Wildman–Crippen LogP) is 0.842. The van der Waals surface area contributed by atoms with Crippen molar-refractivity contribution in [3.05, 3.63) is 35.6 Å². The topological polar surface area (TPSA) is 58.9 Å². The minimum Gasteiger partial charge on any atom is -0.396 e. The highest BCUT2D eigenvalue weighted by Crippen LogP contribution is 2.31. The zero-order chi connectivity index (χ0) is 12.3. The molecule has 0 radical (unpaired) electrons. The van der Waals surface area contributed by atoms with E-state index >= 15 is 0 Å². The summed E-state index contributed by atoms with van der Waals surface area (Å²) >= 11 is 0. The van der Waals surface area contributed by atoms with Gasteiger partial charge in [-0.2, -0.15) is 0 Å². The number of halogens is 1. The molecule has 17 heavy (non-hydrogen) atoms. The van der Waals surface area contributed by atoms with E-state index in [1.54, 1.807) is 12.1 Å². The molecule has 1 fully saturated rings. The van der Waals surface area contributed by atoms with Gasteiger partial charge in [-0.25, -0.2) is 4.39 Å². The second kappa shape index (κ2) is 5.10. The Balaban J connectivity index is 2.01. The van der Waals surface area contributed by atoms with Crippen molar-refractivity contribution in [3.63, 3.8) is 0 Å². The lowest BCUT2D eigenvalue weighted by Gasteiger charge is -2.37. The SMILES string of the molecule is OCC1(CO)COC(c2ccc(F)cc2)OC1. The smallest absolute Gasteiger partial charge is 0.183 e.